The molecule has 0 aliphatic carbocycles. The van der Waals surface area contributed by atoms with E-state index in [4.69, 9.17) is 10.1 Å². The summed E-state index contributed by atoms with van der Waals surface area (Å²) in [5.41, 5.74) is 4.96. The summed E-state index contributed by atoms with van der Waals surface area (Å²) in [7, 11) is 0. The Morgan fingerprint density at radius 1 is 0.568 bits per heavy atom. The average Bonchev–Trinajstić information content (AvgIpc) is 3.21. The molecular weight excluding hydrogens is 456 g/mol. The van der Waals surface area contributed by atoms with E-state index >= 15 is 0 Å². The van der Waals surface area contributed by atoms with Gasteiger partial charge in [-0.05, 0) is 34.5 Å². The number of aromatic hydroxyl groups is 1. The highest BCUT2D eigenvalue weighted by atomic mass is 16.3. The molecular formula is C32H22N4O. The molecule has 1 N–H and O–H groups in total. The highest BCUT2D eigenvalue weighted by Crippen LogP contribution is 2.42. The van der Waals surface area contributed by atoms with E-state index in [9.17, 15) is 5.11 Å². The topological polar surface area (TPSA) is 62.8 Å². The van der Waals surface area contributed by atoms with Gasteiger partial charge in [0.2, 0.25) is 5.88 Å². The molecule has 37 heavy (non-hydrogen) atoms. The van der Waals surface area contributed by atoms with E-state index in [0.29, 0.717) is 12.2 Å². The second-order valence-electron chi connectivity index (χ2n) is 9.11. The molecule has 5 nitrogen and oxygen atoms in total. The van der Waals surface area contributed by atoms with Gasteiger partial charge in [0, 0.05) is 16.2 Å². The van der Waals surface area contributed by atoms with Crippen LogP contribution in [0.4, 0.5) is 11.4 Å². The Balaban J connectivity index is 1.40. The lowest BCUT2D eigenvalue weighted by Crippen LogP contribution is -1.99. The van der Waals surface area contributed by atoms with Crippen LogP contribution in [0.25, 0.3) is 43.5 Å². The van der Waals surface area contributed by atoms with Gasteiger partial charge in [0.25, 0.3) is 0 Å². The Morgan fingerprint density at radius 2 is 1.14 bits per heavy atom. The Hall–Kier alpha value is -5.03. The molecule has 0 bridgehead atoms. The van der Waals surface area contributed by atoms with Crippen molar-refractivity contribution in [3.63, 3.8) is 0 Å². The van der Waals surface area contributed by atoms with E-state index in [0.717, 1.165) is 44.0 Å². The second kappa shape index (κ2) is 8.57. The highest BCUT2D eigenvalue weighted by molar-refractivity contribution is 6.06. The van der Waals surface area contributed by atoms with Gasteiger partial charge >= 0.3 is 0 Å². The molecule has 7 aromatic rings. The van der Waals surface area contributed by atoms with Crippen molar-refractivity contribution >= 4 is 54.9 Å². The predicted octanol–water partition coefficient (Wildman–Crippen LogP) is 8.67. The van der Waals surface area contributed by atoms with Gasteiger partial charge in [-0.15, -0.1) is 10.2 Å². The lowest BCUT2D eigenvalue weighted by molar-refractivity contribution is 0.430. The van der Waals surface area contributed by atoms with Gasteiger partial charge in [-0.25, -0.2) is 4.98 Å². The fourth-order valence-electron chi connectivity index (χ4n) is 5.16. The molecule has 0 saturated carbocycles. The van der Waals surface area contributed by atoms with Crippen LogP contribution < -0.4 is 0 Å². The first-order chi connectivity index (χ1) is 18.3. The summed E-state index contributed by atoms with van der Waals surface area (Å²) in [6.45, 7) is 0.518. The number of para-hydroxylation sites is 3. The van der Waals surface area contributed by atoms with Gasteiger partial charge in [-0.2, -0.15) is 0 Å². The zero-order chi connectivity index (χ0) is 24.8. The van der Waals surface area contributed by atoms with Gasteiger partial charge in [0.15, 0.2) is 5.69 Å². The van der Waals surface area contributed by atoms with Gasteiger partial charge in [0.05, 0.1) is 23.1 Å². The van der Waals surface area contributed by atoms with Crippen LogP contribution in [0.5, 0.6) is 5.88 Å². The molecule has 0 radical (unpaired) electrons. The molecule has 7 rings (SSSR count). The molecule has 0 spiro atoms. The third kappa shape index (κ3) is 3.52. The Labute approximate surface area is 213 Å². The molecule has 2 aromatic heterocycles. The van der Waals surface area contributed by atoms with Crippen molar-refractivity contribution in [2.45, 2.75) is 6.54 Å². The first-order valence-electron chi connectivity index (χ1n) is 12.2. The third-order valence-corrected chi connectivity index (χ3v) is 6.94. The Morgan fingerprint density at radius 3 is 1.89 bits per heavy atom. The summed E-state index contributed by atoms with van der Waals surface area (Å²) in [5.74, 6) is 0.0977. The van der Waals surface area contributed by atoms with E-state index in [2.05, 4.69) is 35.4 Å². The van der Waals surface area contributed by atoms with Crippen molar-refractivity contribution in [1.29, 1.82) is 0 Å². The summed E-state index contributed by atoms with van der Waals surface area (Å²) in [6, 6.07) is 38.4. The van der Waals surface area contributed by atoms with E-state index in [-0.39, 0.29) is 5.88 Å². The third-order valence-electron chi connectivity index (χ3n) is 6.94. The zero-order valence-corrected chi connectivity index (χ0v) is 19.9. The molecule has 0 atom stereocenters. The smallest absolute Gasteiger partial charge is 0.221 e. The fraction of sp³-hybridized carbons (Fsp3) is 0.0312. The van der Waals surface area contributed by atoms with Crippen molar-refractivity contribution in [1.82, 2.24) is 9.55 Å². The average molecular weight is 479 g/mol. The van der Waals surface area contributed by atoms with Gasteiger partial charge in [-0.3, -0.25) is 0 Å². The summed E-state index contributed by atoms with van der Waals surface area (Å²) >= 11 is 0. The molecule has 2 heterocycles. The number of nitrogens with zero attached hydrogens (tertiary/aromatic N) is 4. The maximum absolute atomic E-state index is 11.4. The number of hydrogen-bond donors (Lipinski definition) is 1. The minimum absolute atomic E-state index is 0.0977. The van der Waals surface area contributed by atoms with Crippen molar-refractivity contribution in [2.75, 3.05) is 0 Å². The van der Waals surface area contributed by atoms with Crippen molar-refractivity contribution in [3.8, 4) is 5.88 Å². The van der Waals surface area contributed by atoms with Gasteiger partial charge in [0.1, 0.15) is 5.69 Å². The fourth-order valence-corrected chi connectivity index (χ4v) is 5.16. The molecule has 5 aromatic carbocycles. The standard InChI is InChI=1S/C32H22N4O/c37-32-31(35-34-30-24-14-3-6-17-27(24)33-28-18-7-4-15-25(28)30)26-16-5-8-19-29(26)36(32)20-22-12-9-11-21-10-1-2-13-23(21)22/h1-19,37H,20H2. The molecule has 0 fully saturated rings. The molecule has 0 saturated heterocycles. The van der Waals surface area contributed by atoms with Crippen LogP contribution in [0, 0.1) is 0 Å². The quantitative estimate of drug-likeness (QED) is 0.203. The van der Waals surface area contributed by atoms with Crippen LogP contribution in [0.1, 0.15) is 5.56 Å². The van der Waals surface area contributed by atoms with E-state index in [1.807, 2.05) is 89.5 Å². The number of benzene rings is 5. The molecule has 0 unspecified atom stereocenters. The van der Waals surface area contributed by atoms with Crippen molar-refractivity contribution < 1.29 is 5.11 Å². The molecule has 0 aliphatic heterocycles. The monoisotopic (exact) mass is 478 g/mol. The van der Waals surface area contributed by atoms with Crippen molar-refractivity contribution in [3.05, 3.63) is 121 Å². The van der Waals surface area contributed by atoms with Crippen molar-refractivity contribution in [2.24, 2.45) is 10.2 Å². The second-order valence-corrected chi connectivity index (χ2v) is 9.11. The van der Waals surface area contributed by atoms with Crippen LogP contribution in [-0.4, -0.2) is 14.7 Å². The molecule has 176 valence electrons. The Kier molecular flexibility index (Phi) is 4.93. The van der Waals surface area contributed by atoms with Crippen LogP contribution in [0.15, 0.2) is 125 Å². The maximum atomic E-state index is 11.4. The minimum atomic E-state index is 0.0977. The lowest BCUT2D eigenvalue weighted by Gasteiger charge is -2.10. The summed E-state index contributed by atoms with van der Waals surface area (Å²) in [6.07, 6.45) is 0. The van der Waals surface area contributed by atoms with Crippen LogP contribution in [0.2, 0.25) is 0 Å². The summed E-state index contributed by atoms with van der Waals surface area (Å²) in [4.78, 5) is 4.78. The lowest BCUT2D eigenvalue weighted by atomic mass is 10.0. The Bertz CT molecular complexity index is 1930. The van der Waals surface area contributed by atoms with Crippen LogP contribution in [0.3, 0.4) is 0 Å². The summed E-state index contributed by atoms with van der Waals surface area (Å²) < 4.78 is 1.91. The minimum Gasteiger partial charge on any atom is -0.493 e. The number of pyridine rings is 1. The number of azo groups is 1. The highest BCUT2D eigenvalue weighted by Gasteiger charge is 2.18. The maximum Gasteiger partial charge on any atom is 0.221 e. The SMILES string of the molecule is Oc1c(N=Nc2c3ccccc3nc3ccccc23)c2ccccc2n1Cc1cccc2ccccc12. The normalized spacial score (nSPS) is 11.9. The number of fused-ring (bicyclic) bond motifs is 4. The van der Waals surface area contributed by atoms with Gasteiger partial charge < -0.3 is 9.67 Å². The first kappa shape index (κ1) is 21.3. The number of hydrogen-bond acceptors (Lipinski definition) is 4. The van der Waals surface area contributed by atoms with Gasteiger partial charge in [-0.1, -0.05) is 97.1 Å². The molecule has 0 amide bonds. The van der Waals surface area contributed by atoms with E-state index in [1.54, 1.807) is 0 Å². The number of aromatic nitrogens is 2. The summed E-state index contributed by atoms with van der Waals surface area (Å²) in [5, 5.41) is 25.9. The van der Waals surface area contributed by atoms with E-state index < -0.39 is 0 Å². The molecule has 5 heteroatoms. The van der Waals surface area contributed by atoms with Crippen LogP contribution in [-0.2, 0) is 6.54 Å². The predicted molar refractivity (Wildman–Crippen MR) is 150 cm³/mol. The van der Waals surface area contributed by atoms with E-state index in [1.165, 1.54) is 10.8 Å². The molecule has 0 aliphatic rings. The number of rotatable bonds is 4. The zero-order valence-electron chi connectivity index (χ0n) is 19.9. The first-order valence-corrected chi connectivity index (χ1v) is 12.2. The largest absolute Gasteiger partial charge is 0.493 e. The van der Waals surface area contributed by atoms with Crippen LogP contribution >= 0.6 is 0 Å².